The fraction of sp³-hybridized carbons (Fsp3) is 0.500. The van der Waals surface area contributed by atoms with E-state index in [1.807, 2.05) is 20.0 Å². The van der Waals surface area contributed by atoms with Crippen LogP contribution >= 0.6 is 0 Å². The molecule has 0 radical (unpaired) electrons. The molecule has 1 heterocycles. The number of hydrogen-bond acceptors (Lipinski definition) is 1. The van der Waals surface area contributed by atoms with Crippen molar-refractivity contribution in [3.05, 3.63) is 35.8 Å². The van der Waals surface area contributed by atoms with Gasteiger partial charge in [0, 0.05) is 35.0 Å². The number of hydrogen-bond donors (Lipinski definition) is 2. The molecule has 0 bridgehead atoms. The van der Waals surface area contributed by atoms with Crippen LogP contribution in [0.5, 0.6) is 0 Å². The summed E-state index contributed by atoms with van der Waals surface area (Å²) in [6.45, 7) is 8.81. The van der Waals surface area contributed by atoms with Gasteiger partial charge in [-0.05, 0) is 36.6 Å². The lowest BCUT2D eigenvalue weighted by Crippen LogP contribution is -2.39. The molecule has 0 atom stereocenters. The van der Waals surface area contributed by atoms with Gasteiger partial charge in [0.1, 0.15) is 5.82 Å². The van der Waals surface area contributed by atoms with E-state index in [1.165, 1.54) is 12.1 Å². The maximum Gasteiger partial charge on any atom is 0.223 e. The van der Waals surface area contributed by atoms with Crippen molar-refractivity contribution < 1.29 is 9.18 Å². The zero-order chi connectivity index (χ0) is 16.3. The fourth-order valence-corrected chi connectivity index (χ4v) is 2.87. The number of nitrogens with one attached hydrogen (secondary N) is 2. The lowest BCUT2D eigenvalue weighted by atomic mass is 9.84. The Hall–Kier alpha value is -1.84. The molecule has 0 spiro atoms. The molecule has 1 aromatic heterocycles. The third-order valence-corrected chi connectivity index (χ3v) is 4.43. The van der Waals surface area contributed by atoms with Crippen LogP contribution in [0.4, 0.5) is 4.39 Å². The number of amides is 1. The van der Waals surface area contributed by atoms with Crippen LogP contribution in [0.25, 0.3) is 10.9 Å². The highest BCUT2D eigenvalue weighted by atomic mass is 19.1. The van der Waals surface area contributed by atoms with Gasteiger partial charge in [0.05, 0.1) is 0 Å². The molecular formula is C18H25FN2O. The molecule has 0 unspecified atom stereocenters. The van der Waals surface area contributed by atoms with Crippen LogP contribution in [0.2, 0.25) is 0 Å². The molecule has 0 aliphatic heterocycles. The van der Waals surface area contributed by atoms with Gasteiger partial charge in [-0.25, -0.2) is 4.39 Å². The zero-order valence-corrected chi connectivity index (χ0v) is 13.8. The number of aromatic amines is 1. The van der Waals surface area contributed by atoms with Gasteiger partial charge in [-0.1, -0.05) is 27.7 Å². The summed E-state index contributed by atoms with van der Waals surface area (Å²) in [5.41, 5.74) is 1.65. The standard InChI is InChI=1S/C18H25FN2O/c1-5-12(6-2)17(22)21-11-18(3,4)15-10-20-16-9-13(19)7-8-14(15)16/h7-10,12,20H,5-6,11H2,1-4H3,(H,21,22). The molecule has 0 saturated heterocycles. The average molecular weight is 304 g/mol. The molecule has 22 heavy (non-hydrogen) atoms. The maximum absolute atomic E-state index is 13.3. The van der Waals surface area contributed by atoms with E-state index < -0.39 is 0 Å². The fourth-order valence-electron chi connectivity index (χ4n) is 2.87. The van der Waals surface area contributed by atoms with Crippen molar-refractivity contribution >= 4 is 16.8 Å². The van der Waals surface area contributed by atoms with Crippen LogP contribution < -0.4 is 5.32 Å². The predicted octanol–water partition coefficient (Wildman–Crippen LogP) is 4.14. The predicted molar refractivity (Wildman–Crippen MR) is 88.4 cm³/mol. The summed E-state index contributed by atoms with van der Waals surface area (Å²) in [5.74, 6) is -0.0578. The third kappa shape index (κ3) is 3.32. The minimum Gasteiger partial charge on any atom is -0.361 e. The van der Waals surface area contributed by atoms with Gasteiger partial charge in [0.2, 0.25) is 5.91 Å². The summed E-state index contributed by atoms with van der Waals surface area (Å²) in [6.07, 6.45) is 3.62. The number of halogens is 1. The van der Waals surface area contributed by atoms with Crippen LogP contribution in [0, 0.1) is 11.7 Å². The van der Waals surface area contributed by atoms with E-state index in [0.717, 1.165) is 29.3 Å². The molecule has 4 heteroatoms. The molecular weight excluding hydrogens is 279 g/mol. The van der Waals surface area contributed by atoms with Gasteiger partial charge >= 0.3 is 0 Å². The zero-order valence-electron chi connectivity index (χ0n) is 13.8. The summed E-state index contributed by atoms with van der Waals surface area (Å²) in [5, 5.41) is 4.07. The number of rotatable bonds is 6. The van der Waals surface area contributed by atoms with Gasteiger partial charge in [0.25, 0.3) is 0 Å². The van der Waals surface area contributed by atoms with Crippen molar-refractivity contribution in [2.75, 3.05) is 6.54 Å². The molecule has 2 N–H and O–H groups in total. The first kappa shape index (κ1) is 16.5. The lowest BCUT2D eigenvalue weighted by molar-refractivity contribution is -0.125. The molecule has 2 aromatic rings. The normalized spacial score (nSPS) is 12.1. The summed E-state index contributed by atoms with van der Waals surface area (Å²) >= 11 is 0. The van der Waals surface area contributed by atoms with Crippen molar-refractivity contribution in [1.82, 2.24) is 10.3 Å². The number of aromatic nitrogens is 1. The molecule has 1 amide bonds. The van der Waals surface area contributed by atoms with Crippen molar-refractivity contribution in [2.24, 2.45) is 5.92 Å². The summed E-state index contributed by atoms with van der Waals surface area (Å²) in [6, 6.07) is 4.76. The SMILES string of the molecule is CCC(CC)C(=O)NCC(C)(C)c1c[nH]c2cc(F)ccc12. The molecule has 2 rings (SSSR count). The Bertz CT molecular complexity index is 656. The van der Waals surface area contributed by atoms with E-state index in [2.05, 4.69) is 24.1 Å². The summed E-state index contributed by atoms with van der Waals surface area (Å²) < 4.78 is 13.3. The highest BCUT2D eigenvalue weighted by molar-refractivity contribution is 5.84. The molecule has 3 nitrogen and oxygen atoms in total. The van der Waals surface area contributed by atoms with Crippen LogP contribution in [0.15, 0.2) is 24.4 Å². The molecule has 0 saturated carbocycles. The molecule has 1 aromatic carbocycles. The van der Waals surface area contributed by atoms with Crippen molar-refractivity contribution in [1.29, 1.82) is 0 Å². The van der Waals surface area contributed by atoms with E-state index in [1.54, 1.807) is 6.07 Å². The Labute approximate surface area is 131 Å². The van der Waals surface area contributed by atoms with Crippen molar-refractivity contribution in [2.45, 2.75) is 46.0 Å². The maximum atomic E-state index is 13.3. The Morgan fingerprint density at radius 2 is 2.00 bits per heavy atom. The number of carbonyl (C=O) groups excluding carboxylic acids is 1. The highest BCUT2D eigenvalue weighted by Crippen LogP contribution is 2.30. The largest absolute Gasteiger partial charge is 0.361 e. The molecule has 0 aliphatic carbocycles. The number of carbonyl (C=O) groups is 1. The first-order valence-electron chi connectivity index (χ1n) is 7.93. The Morgan fingerprint density at radius 3 is 2.64 bits per heavy atom. The Morgan fingerprint density at radius 1 is 1.32 bits per heavy atom. The molecule has 120 valence electrons. The van der Waals surface area contributed by atoms with Crippen LogP contribution in [-0.4, -0.2) is 17.4 Å². The number of H-pyrrole nitrogens is 1. The smallest absolute Gasteiger partial charge is 0.223 e. The van der Waals surface area contributed by atoms with Crippen LogP contribution in [-0.2, 0) is 10.2 Å². The second-order valence-corrected chi connectivity index (χ2v) is 6.51. The average Bonchev–Trinajstić information content (AvgIpc) is 2.90. The molecule has 0 fully saturated rings. The quantitative estimate of drug-likeness (QED) is 0.828. The third-order valence-electron chi connectivity index (χ3n) is 4.43. The van der Waals surface area contributed by atoms with Crippen LogP contribution in [0.3, 0.4) is 0 Å². The van der Waals surface area contributed by atoms with E-state index in [0.29, 0.717) is 6.54 Å². The highest BCUT2D eigenvalue weighted by Gasteiger charge is 2.26. The van der Waals surface area contributed by atoms with Gasteiger partial charge in [-0.15, -0.1) is 0 Å². The topological polar surface area (TPSA) is 44.9 Å². The van der Waals surface area contributed by atoms with Crippen molar-refractivity contribution in [3.63, 3.8) is 0 Å². The first-order chi connectivity index (χ1) is 10.4. The Balaban J connectivity index is 2.17. The van der Waals surface area contributed by atoms with Gasteiger partial charge in [-0.3, -0.25) is 4.79 Å². The van der Waals surface area contributed by atoms with E-state index in [-0.39, 0.29) is 23.1 Å². The minimum atomic E-state index is -0.249. The van der Waals surface area contributed by atoms with E-state index in [4.69, 9.17) is 0 Å². The minimum absolute atomic E-state index is 0.0767. The summed E-state index contributed by atoms with van der Waals surface area (Å²) in [4.78, 5) is 15.3. The van der Waals surface area contributed by atoms with E-state index in [9.17, 15) is 9.18 Å². The second-order valence-electron chi connectivity index (χ2n) is 6.51. The van der Waals surface area contributed by atoms with E-state index >= 15 is 0 Å². The number of fused-ring (bicyclic) bond motifs is 1. The summed E-state index contributed by atoms with van der Waals surface area (Å²) in [7, 11) is 0. The van der Waals surface area contributed by atoms with Crippen LogP contribution in [0.1, 0.15) is 46.1 Å². The van der Waals surface area contributed by atoms with Gasteiger partial charge in [-0.2, -0.15) is 0 Å². The van der Waals surface area contributed by atoms with Gasteiger partial charge < -0.3 is 10.3 Å². The Kier molecular flexibility index (Phi) is 4.89. The van der Waals surface area contributed by atoms with Gasteiger partial charge in [0.15, 0.2) is 0 Å². The second kappa shape index (κ2) is 6.51. The lowest BCUT2D eigenvalue weighted by Gasteiger charge is -2.26. The monoisotopic (exact) mass is 304 g/mol. The first-order valence-corrected chi connectivity index (χ1v) is 7.93. The number of benzene rings is 1. The molecule has 0 aliphatic rings. The van der Waals surface area contributed by atoms with Crippen molar-refractivity contribution in [3.8, 4) is 0 Å².